The zero-order chi connectivity index (χ0) is 14.8. The van der Waals surface area contributed by atoms with Crippen molar-refractivity contribution in [3.63, 3.8) is 0 Å². The summed E-state index contributed by atoms with van der Waals surface area (Å²) < 4.78 is 10.5. The Hall–Kier alpha value is -1.10. The van der Waals surface area contributed by atoms with E-state index in [0.29, 0.717) is 12.8 Å². The Morgan fingerprint density at radius 1 is 1.26 bits per heavy atom. The molecule has 0 saturated carbocycles. The Morgan fingerprint density at radius 3 is 2.11 bits per heavy atom. The lowest BCUT2D eigenvalue weighted by atomic mass is 9.73. The average Bonchev–Trinajstić information content (AvgIpc) is 2.20. The van der Waals surface area contributed by atoms with Crippen LogP contribution in [-0.4, -0.2) is 35.4 Å². The molecule has 0 bridgehead atoms. The highest BCUT2D eigenvalue weighted by molar-refractivity contribution is 5.79. The van der Waals surface area contributed by atoms with Crippen LogP contribution >= 0.6 is 0 Å². The third kappa shape index (κ3) is 4.49. The molecule has 1 rings (SSSR count). The van der Waals surface area contributed by atoms with Gasteiger partial charge in [-0.1, -0.05) is 0 Å². The standard InChI is InChI=1S/C14H24O5/c1-13(2)7-9(8-14(3,4)19-13)10(12(16)17)6-11(15)18-5/h9-10H,6-8H2,1-5H3,(H,16,17). The summed E-state index contributed by atoms with van der Waals surface area (Å²) in [5.41, 5.74) is -0.757. The molecule has 19 heavy (non-hydrogen) atoms. The Kier molecular flexibility index (Phi) is 4.61. The lowest BCUT2D eigenvalue weighted by molar-refractivity contribution is -0.186. The first-order chi connectivity index (χ1) is 8.56. The highest BCUT2D eigenvalue weighted by Gasteiger charge is 2.44. The fourth-order valence-corrected chi connectivity index (χ4v) is 3.17. The molecule has 0 aromatic rings. The van der Waals surface area contributed by atoms with Crippen LogP contribution in [0.15, 0.2) is 0 Å². The summed E-state index contributed by atoms with van der Waals surface area (Å²) in [6.45, 7) is 7.83. The molecule has 5 heteroatoms. The van der Waals surface area contributed by atoms with Gasteiger partial charge in [0, 0.05) is 0 Å². The van der Waals surface area contributed by atoms with E-state index in [-0.39, 0.29) is 23.5 Å². The van der Waals surface area contributed by atoms with Crippen molar-refractivity contribution in [3.05, 3.63) is 0 Å². The van der Waals surface area contributed by atoms with E-state index in [1.165, 1.54) is 7.11 Å². The first kappa shape index (κ1) is 16.0. The number of rotatable bonds is 4. The van der Waals surface area contributed by atoms with Gasteiger partial charge in [0.1, 0.15) is 0 Å². The van der Waals surface area contributed by atoms with Crippen LogP contribution in [0.25, 0.3) is 0 Å². The predicted octanol–water partition coefficient (Wildman–Crippen LogP) is 2.23. The summed E-state index contributed by atoms with van der Waals surface area (Å²) in [6.07, 6.45) is 1.18. The third-order valence-corrected chi connectivity index (χ3v) is 3.56. The zero-order valence-corrected chi connectivity index (χ0v) is 12.4. The second-order valence-electron chi connectivity index (χ2n) is 6.51. The van der Waals surface area contributed by atoms with Crippen molar-refractivity contribution in [2.45, 2.75) is 58.2 Å². The van der Waals surface area contributed by atoms with Crippen LogP contribution in [0.2, 0.25) is 0 Å². The van der Waals surface area contributed by atoms with Gasteiger partial charge in [0.05, 0.1) is 30.7 Å². The van der Waals surface area contributed by atoms with Gasteiger partial charge in [-0.3, -0.25) is 9.59 Å². The van der Waals surface area contributed by atoms with E-state index < -0.39 is 17.9 Å². The summed E-state index contributed by atoms with van der Waals surface area (Å²) >= 11 is 0. The summed E-state index contributed by atoms with van der Waals surface area (Å²) in [4.78, 5) is 22.8. The number of carboxylic acid groups (broad SMARTS) is 1. The van der Waals surface area contributed by atoms with Crippen LogP contribution < -0.4 is 0 Å². The minimum absolute atomic E-state index is 0.0807. The summed E-state index contributed by atoms with van der Waals surface area (Å²) in [5, 5.41) is 9.36. The van der Waals surface area contributed by atoms with Gasteiger partial charge in [-0.2, -0.15) is 0 Å². The number of carbonyl (C=O) groups is 2. The van der Waals surface area contributed by atoms with Gasteiger partial charge in [-0.25, -0.2) is 0 Å². The summed E-state index contributed by atoms with van der Waals surface area (Å²) in [5.74, 6) is -2.22. The summed E-state index contributed by atoms with van der Waals surface area (Å²) in [7, 11) is 1.28. The molecule has 1 aliphatic heterocycles. The average molecular weight is 272 g/mol. The lowest BCUT2D eigenvalue weighted by Gasteiger charge is -2.46. The monoisotopic (exact) mass is 272 g/mol. The molecule has 1 atom stereocenters. The van der Waals surface area contributed by atoms with E-state index in [1.807, 2.05) is 27.7 Å². The van der Waals surface area contributed by atoms with Crippen LogP contribution in [0.4, 0.5) is 0 Å². The molecular formula is C14H24O5. The molecule has 1 aliphatic rings. The topological polar surface area (TPSA) is 72.8 Å². The normalized spacial score (nSPS) is 23.6. The molecular weight excluding hydrogens is 248 g/mol. The fraction of sp³-hybridized carbons (Fsp3) is 0.857. The van der Waals surface area contributed by atoms with Gasteiger partial charge >= 0.3 is 11.9 Å². The SMILES string of the molecule is COC(=O)CC(C(=O)O)C1CC(C)(C)OC(C)(C)C1. The predicted molar refractivity (Wildman–Crippen MR) is 69.7 cm³/mol. The van der Waals surface area contributed by atoms with Gasteiger partial charge in [0.15, 0.2) is 0 Å². The van der Waals surface area contributed by atoms with Gasteiger partial charge in [-0.15, -0.1) is 0 Å². The number of carbonyl (C=O) groups excluding carboxylic acids is 1. The molecule has 1 unspecified atom stereocenters. The van der Waals surface area contributed by atoms with Gasteiger partial charge < -0.3 is 14.6 Å². The van der Waals surface area contributed by atoms with Gasteiger partial charge in [0.2, 0.25) is 0 Å². The van der Waals surface area contributed by atoms with Crippen molar-refractivity contribution in [3.8, 4) is 0 Å². The highest BCUT2D eigenvalue weighted by Crippen LogP contribution is 2.42. The van der Waals surface area contributed by atoms with Crippen molar-refractivity contribution in [1.82, 2.24) is 0 Å². The second-order valence-corrected chi connectivity index (χ2v) is 6.51. The number of hydrogen-bond donors (Lipinski definition) is 1. The molecule has 0 amide bonds. The Balaban J connectivity index is 2.89. The number of methoxy groups -OCH3 is 1. The smallest absolute Gasteiger partial charge is 0.307 e. The zero-order valence-electron chi connectivity index (χ0n) is 12.4. The van der Waals surface area contributed by atoms with E-state index in [9.17, 15) is 14.7 Å². The van der Waals surface area contributed by atoms with Crippen LogP contribution in [0, 0.1) is 11.8 Å². The first-order valence-corrected chi connectivity index (χ1v) is 6.56. The molecule has 1 heterocycles. The third-order valence-electron chi connectivity index (χ3n) is 3.56. The first-order valence-electron chi connectivity index (χ1n) is 6.56. The molecule has 0 radical (unpaired) electrons. The van der Waals surface area contributed by atoms with E-state index in [0.717, 1.165) is 0 Å². The molecule has 110 valence electrons. The van der Waals surface area contributed by atoms with E-state index >= 15 is 0 Å². The number of esters is 1. The quantitative estimate of drug-likeness (QED) is 0.794. The number of carboxylic acids is 1. The Labute approximate surface area is 114 Å². The van der Waals surface area contributed by atoms with Crippen molar-refractivity contribution in [2.24, 2.45) is 11.8 Å². The van der Waals surface area contributed by atoms with Crippen molar-refractivity contribution >= 4 is 11.9 Å². The maximum atomic E-state index is 11.4. The van der Waals surface area contributed by atoms with Crippen LogP contribution in [0.3, 0.4) is 0 Å². The molecule has 1 fully saturated rings. The summed E-state index contributed by atoms with van der Waals surface area (Å²) in [6, 6.07) is 0. The molecule has 1 N–H and O–H groups in total. The molecule has 5 nitrogen and oxygen atoms in total. The number of ether oxygens (including phenoxy) is 2. The highest BCUT2D eigenvalue weighted by atomic mass is 16.5. The van der Waals surface area contributed by atoms with Crippen LogP contribution in [0.1, 0.15) is 47.0 Å². The van der Waals surface area contributed by atoms with E-state index in [1.54, 1.807) is 0 Å². The molecule has 0 spiro atoms. The van der Waals surface area contributed by atoms with Crippen LogP contribution in [-0.2, 0) is 19.1 Å². The molecule has 1 saturated heterocycles. The molecule has 0 aromatic heterocycles. The Morgan fingerprint density at radius 2 is 1.74 bits per heavy atom. The molecule has 0 aromatic carbocycles. The van der Waals surface area contributed by atoms with Gasteiger partial charge in [0.25, 0.3) is 0 Å². The van der Waals surface area contributed by atoms with Gasteiger partial charge in [-0.05, 0) is 46.5 Å². The lowest BCUT2D eigenvalue weighted by Crippen LogP contribution is -2.48. The second kappa shape index (κ2) is 5.49. The van der Waals surface area contributed by atoms with E-state index in [2.05, 4.69) is 4.74 Å². The minimum Gasteiger partial charge on any atom is -0.481 e. The van der Waals surface area contributed by atoms with Crippen molar-refractivity contribution in [1.29, 1.82) is 0 Å². The fourth-order valence-electron chi connectivity index (χ4n) is 3.17. The maximum absolute atomic E-state index is 11.4. The van der Waals surface area contributed by atoms with E-state index in [4.69, 9.17) is 4.74 Å². The van der Waals surface area contributed by atoms with Crippen molar-refractivity contribution in [2.75, 3.05) is 7.11 Å². The number of hydrogen-bond acceptors (Lipinski definition) is 4. The maximum Gasteiger partial charge on any atom is 0.307 e. The molecule has 0 aliphatic carbocycles. The van der Waals surface area contributed by atoms with Crippen LogP contribution in [0.5, 0.6) is 0 Å². The Bertz CT molecular complexity index is 343. The largest absolute Gasteiger partial charge is 0.481 e. The number of aliphatic carboxylic acids is 1. The van der Waals surface area contributed by atoms with Crippen molar-refractivity contribution < 1.29 is 24.2 Å². The minimum atomic E-state index is -0.941.